The van der Waals surface area contributed by atoms with Gasteiger partial charge in [-0.15, -0.1) is 5.10 Å². The highest BCUT2D eigenvalue weighted by Crippen LogP contribution is 2.28. The zero-order chi connectivity index (χ0) is 14.2. The topological polar surface area (TPSA) is 55.9 Å². The molecule has 3 rings (SSSR count). The van der Waals surface area contributed by atoms with Crippen molar-refractivity contribution in [1.29, 1.82) is 0 Å². The van der Waals surface area contributed by atoms with Crippen LogP contribution in [0.25, 0.3) is 11.6 Å². The fraction of sp³-hybridized carbons (Fsp3) is 0.600. The van der Waals surface area contributed by atoms with Gasteiger partial charge in [0.15, 0.2) is 5.76 Å². The quantitative estimate of drug-likeness (QED) is 0.915. The third-order valence-electron chi connectivity index (χ3n) is 3.67. The molecule has 0 saturated carbocycles. The van der Waals surface area contributed by atoms with Gasteiger partial charge in [0.2, 0.25) is 5.82 Å². The van der Waals surface area contributed by atoms with Crippen molar-refractivity contribution < 1.29 is 4.42 Å². The number of hydrogen-bond donors (Lipinski definition) is 1. The van der Waals surface area contributed by atoms with E-state index in [0.717, 1.165) is 24.7 Å². The lowest BCUT2D eigenvalue weighted by atomic mass is 9.97. The highest BCUT2D eigenvalue weighted by molar-refractivity contribution is 5.45. The molecule has 2 aromatic rings. The van der Waals surface area contributed by atoms with E-state index in [2.05, 4.69) is 35.9 Å². The molecule has 0 spiro atoms. The van der Waals surface area contributed by atoms with Crippen LogP contribution in [0.4, 0.5) is 0 Å². The Kier molecular flexibility index (Phi) is 3.38. The van der Waals surface area contributed by atoms with Gasteiger partial charge in [0.25, 0.3) is 0 Å². The molecule has 1 aliphatic rings. The maximum atomic E-state index is 5.43. The largest absolute Gasteiger partial charge is 0.461 e. The highest BCUT2D eigenvalue weighted by Gasteiger charge is 2.28. The van der Waals surface area contributed by atoms with Crippen molar-refractivity contribution in [3.63, 3.8) is 0 Å². The minimum atomic E-state index is -0.0787. The second-order valence-corrected chi connectivity index (χ2v) is 6.40. The predicted octanol–water partition coefficient (Wildman–Crippen LogP) is 2.76. The van der Waals surface area contributed by atoms with E-state index in [-0.39, 0.29) is 5.54 Å². The Bertz CT molecular complexity index is 559. The lowest BCUT2D eigenvalue weighted by molar-refractivity contribution is 0.319. The van der Waals surface area contributed by atoms with Gasteiger partial charge >= 0.3 is 0 Å². The summed E-state index contributed by atoms with van der Waals surface area (Å²) >= 11 is 0. The lowest BCUT2D eigenvalue weighted by Gasteiger charge is -2.27. The predicted molar refractivity (Wildman–Crippen MR) is 77.6 cm³/mol. The number of nitrogens with zero attached hydrogens (tertiary/aromatic N) is 3. The van der Waals surface area contributed by atoms with Crippen LogP contribution in [-0.2, 0) is 5.54 Å². The second kappa shape index (κ2) is 5.05. The Balaban J connectivity index is 2.02. The second-order valence-electron chi connectivity index (χ2n) is 6.40. The van der Waals surface area contributed by atoms with Crippen molar-refractivity contribution in [3.05, 3.63) is 24.2 Å². The van der Waals surface area contributed by atoms with Crippen LogP contribution in [0.15, 0.2) is 22.8 Å². The Hall–Kier alpha value is -1.62. The average Bonchev–Trinajstić information content (AvgIpc) is 3.08. The Morgan fingerprint density at radius 2 is 2.25 bits per heavy atom. The first kappa shape index (κ1) is 13.4. The third kappa shape index (κ3) is 2.50. The van der Waals surface area contributed by atoms with E-state index in [4.69, 9.17) is 9.40 Å². The van der Waals surface area contributed by atoms with Gasteiger partial charge in [0.05, 0.1) is 11.8 Å². The summed E-state index contributed by atoms with van der Waals surface area (Å²) < 4.78 is 7.49. The number of furan rings is 1. The summed E-state index contributed by atoms with van der Waals surface area (Å²) in [5, 5.41) is 8.13. The first-order chi connectivity index (χ1) is 9.55. The summed E-state index contributed by atoms with van der Waals surface area (Å²) in [6.45, 7) is 8.56. The smallest absolute Gasteiger partial charge is 0.217 e. The van der Waals surface area contributed by atoms with Gasteiger partial charge in [-0.1, -0.05) is 0 Å². The molecule has 1 N–H and O–H groups in total. The molecular weight excluding hydrogens is 252 g/mol. The lowest BCUT2D eigenvalue weighted by Crippen LogP contribution is -2.33. The maximum absolute atomic E-state index is 5.43. The molecule has 1 atom stereocenters. The first-order valence-electron chi connectivity index (χ1n) is 7.28. The van der Waals surface area contributed by atoms with Crippen LogP contribution in [0.2, 0.25) is 0 Å². The van der Waals surface area contributed by atoms with Crippen molar-refractivity contribution in [2.24, 2.45) is 0 Å². The minimum Gasteiger partial charge on any atom is -0.461 e. The molecule has 2 aromatic heterocycles. The summed E-state index contributed by atoms with van der Waals surface area (Å²) in [5.74, 6) is 2.92. The van der Waals surface area contributed by atoms with E-state index in [9.17, 15) is 0 Å². The van der Waals surface area contributed by atoms with Crippen LogP contribution < -0.4 is 5.32 Å². The average molecular weight is 274 g/mol. The first-order valence-corrected chi connectivity index (χ1v) is 7.28. The van der Waals surface area contributed by atoms with E-state index in [0.29, 0.717) is 11.7 Å². The minimum absolute atomic E-state index is 0.0787. The fourth-order valence-electron chi connectivity index (χ4n) is 2.66. The zero-order valence-corrected chi connectivity index (χ0v) is 12.4. The zero-order valence-electron chi connectivity index (χ0n) is 12.4. The molecule has 3 heterocycles. The Morgan fingerprint density at radius 1 is 1.40 bits per heavy atom. The molecule has 108 valence electrons. The van der Waals surface area contributed by atoms with E-state index in [1.54, 1.807) is 6.26 Å². The van der Waals surface area contributed by atoms with Crippen molar-refractivity contribution in [2.75, 3.05) is 13.1 Å². The summed E-state index contributed by atoms with van der Waals surface area (Å²) in [5.41, 5.74) is -0.0787. The van der Waals surface area contributed by atoms with Crippen LogP contribution in [0.5, 0.6) is 0 Å². The monoisotopic (exact) mass is 274 g/mol. The standard InChI is InChI=1S/C15H22N4O/c1-15(2,3)19-14(11-6-4-8-16-10-11)17-13(18-19)12-7-5-9-20-12/h5,7,9,11,16H,4,6,8,10H2,1-3H3. The van der Waals surface area contributed by atoms with E-state index in [1.807, 2.05) is 12.1 Å². The number of piperidine rings is 1. The van der Waals surface area contributed by atoms with Gasteiger partial charge in [0.1, 0.15) is 5.82 Å². The Labute approximate surface area is 119 Å². The normalized spacial score (nSPS) is 20.2. The van der Waals surface area contributed by atoms with Crippen LogP contribution in [0.1, 0.15) is 45.4 Å². The molecule has 0 aliphatic carbocycles. The van der Waals surface area contributed by atoms with E-state index >= 15 is 0 Å². The summed E-state index contributed by atoms with van der Waals surface area (Å²) in [7, 11) is 0. The molecule has 0 amide bonds. The Morgan fingerprint density at radius 3 is 2.85 bits per heavy atom. The molecular formula is C15H22N4O. The van der Waals surface area contributed by atoms with Crippen LogP contribution in [0.3, 0.4) is 0 Å². The summed E-state index contributed by atoms with van der Waals surface area (Å²) in [4.78, 5) is 4.76. The fourth-order valence-corrected chi connectivity index (χ4v) is 2.66. The molecule has 1 fully saturated rings. The van der Waals surface area contributed by atoms with Gasteiger partial charge in [-0.05, 0) is 52.3 Å². The number of aromatic nitrogens is 3. The molecule has 5 nitrogen and oxygen atoms in total. The van der Waals surface area contributed by atoms with Crippen molar-refractivity contribution >= 4 is 0 Å². The molecule has 0 radical (unpaired) electrons. The van der Waals surface area contributed by atoms with Crippen LogP contribution >= 0.6 is 0 Å². The highest BCUT2D eigenvalue weighted by atomic mass is 16.3. The van der Waals surface area contributed by atoms with Gasteiger partial charge in [0, 0.05) is 12.5 Å². The van der Waals surface area contributed by atoms with Crippen molar-refractivity contribution in [2.45, 2.75) is 45.1 Å². The maximum Gasteiger partial charge on any atom is 0.217 e. The van der Waals surface area contributed by atoms with E-state index < -0.39 is 0 Å². The number of rotatable bonds is 2. The molecule has 1 unspecified atom stereocenters. The number of nitrogens with one attached hydrogen (secondary N) is 1. The van der Waals surface area contributed by atoms with Gasteiger partial charge in [-0.3, -0.25) is 0 Å². The van der Waals surface area contributed by atoms with Gasteiger partial charge in [-0.25, -0.2) is 9.67 Å². The van der Waals surface area contributed by atoms with Crippen LogP contribution in [-0.4, -0.2) is 27.9 Å². The molecule has 1 aliphatic heterocycles. The SMILES string of the molecule is CC(C)(C)n1nc(-c2ccco2)nc1C1CCCNC1. The van der Waals surface area contributed by atoms with Gasteiger partial charge < -0.3 is 9.73 Å². The molecule has 20 heavy (non-hydrogen) atoms. The van der Waals surface area contributed by atoms with E-state index in [1.165, 1.54) is 12.8 Å². The van der Waals surface area contributed by atoms with Crippen molar-refractivity contribution in [3.8, 4) is 11.6 Å². The van der Waals surface area contributed by atoms with Gasteiger partial charge in [-0.2, -0.15) is 0 Å². The summed E-state index contributed by atoms with van der Waals surface area (Å²) in [6, 6.07) is 3.78. The summed E-state index contributed by atoms with van der Waals surface area (Å²) in [6.07, 6.45) is 4.02. The van der Waals surface area contributed by atoms with Crippen LogP contribution in [0, 0.1) is 0 Å². The molecule has 5 heteroatoms. The molecule has 0 aromatic carbocycles. The number of hydrogen-bond acceptors (Lipinski definition) is 4. The van der Waals surface area contributed by atoms with Crippen molar-refractivity contribution in [1.82, 2.24) is 20.1 Å². The molecule has 1 saturated heterocycles. The third-order valence-corrected chi connectivity index (χ3v) is 3.67. The molecule has 0 bridgehead atoms.